The highest BCUT2D eigenvalue weighted by Gasteiger charge is 2.05. The van der Waals surface area contributed by atoms with E-state index in [-0.39, 0.29) is 6.10 Å². The highest BCUT2D eigenvalue weighted by atomic mass is 16.5. The number of unbranched alkanes of at least 4 members (excludes halogenated alkanes) is 7. The van der Waals surface area contributed by atoms with E-state index in [1.807, 2.05) is 0 Å². The summed E-state index contributed by atoms with van der Waals surface area (Å²) >= 11 is 0. The summed E-state index contributed by atoms with van der Waals surface area (Å²) in [4.78, 5) is 0. The topological polar surface area (TPSA) is 18.5 Å². The van der Waals surface area contributed by atoms with Gasteiger partial charge in [0.15, 0.2) is 0 Å². The maximum absolute atomic E-state index is 5.98. The van der Waals surface area contributed by atoms with Crippen molar-refractivity contribution in [2.75, 3.05) is 13.2 Å². The Morgan fingerprint density at radius 1 is 0.714 bits per heavy atom. The molecular weight excluding hydrogens is 344 g/mol. The summed E-state index contributed by atoms with van der Waals surface area (Å²) in [6, 6.07) is 13.2. The van der Waals surface area contributed by atoms with E-state index in [0.29, 0.717) is 0 Å². The molecule has 2 nitrogen and oxygen atoms in total. The molecule has 28 heavy (non-hydrogen) atoms. The van der Waals surface area contributed by atoms with Crippen molar-refractivity contribution in [1.29, 1.82) is 0 Å². The Bertz CT molecular complexity index is 665. The second kappa shape index (κ2) is 13.6. The average molecular weight is 385 g/mol. The van der Waals surface area contributed by atoms with Gasteiger partial charge in [-0.2, -0.15) is 0 Å². The van der Waals surface area contributed by atoms with Crippen LogP contribution in [-0.2, 0) is 11.2 Å². The molecule has 0 bridgehead atoms. The number of ether oxygens (including phenoxy) is 2. The first kappa shape index (κ1) is 22.7. The summed E-state index contributed by atoms with van der Waals surface area (Å²) in [6.07, 6.45) is 13.0. The van der Waals surface area contributed by atoms with E-state index in [9.17, 15) is 0 Å². The van der Waals surface area contributed by atoms with Crippen molar-refractivity contribution in [3.8, 4) is 5.75 Å². The SMILES string of the molecule is CCCCCCCCCCOc1ccc2cc(CC(C)OCCC)ccc2c1. The standard InChI is InChI=1S/C26H40O2/c1-4-6-7-8-9-10-11-12-18-28-26-16-15-24-20-23(13-14-25(24)21-26)19-22(3)27-17-5-2/h13-16,20-22H,4-12,17-19H2,1-3H3. The molecule has 0 spiro atoms. The Labute approximate surface area is 172 Å². The van der Waals surface area contributed by atoms with Crippen LogP contribution in [0, 0.1) is 0 Å². The van der Waals surface area contributed by atoms with Gasteiger partial charge in [-0.15, -0.1) is 0 Å². The predicted octanol–water partition coefficient (Wildman–Crippen LogP) is 7.72. The summed E-state index contributed by atoms with van der Waals surface area (Å²) in [6.45, 7) is 8.24. The average Bonchev–Trinajstić information content (AvgIpc) is 2.71. The number of benzene rings is 2. The van der Waals surface area contributed by atoms with Crippen LogP contribution in [0.1, 0.15) is 84.1 Å². The molecule has 2 rings (SSSR count). The Morgan fingerprint density at radius 2 is 1.39 bits per heavy atom. The number of hydrogen-bond acceptors (Lipinski definition) is 2. The Hall–Kier alpha value is -1.54. The summed E-state index contributed by atoms with van der Waals surface area (Å²) in [5, 5.41) is 2.53. The van der Waals surface area contributed by atoms with Crippen LogP contribution < -0.4 is 4.74 Å². The molecule has 0 saturated heterocycles. The van der Waals surface area contributed by atoms with Crippen LogP contribution in [0.2, 0.25) is 0 Å². The first-order chi connectivity index (χ1) is 13.7. The molecule has 0 aliphatic carbocycles. The number of fused-ring (bicyclic) bond motifs is 1. The minimum atomic E-state index is 0.270. The van der Waals surface area contributed by atoms with E-state index >= 15 is 0 Å². The lowest BCUT2D eigenvalue weighted by Gasteiger charge is -2.13. The van der Waals surface area contributed by atoms with Gasteiger partial charge in [0.25, 0.3) is 0 Å². The molecule has 156 valence electrons. The number of hydrogen-bond donors (Lipinski definition) is 0. The van der Waals surface area contributed by atoms with Crippen molar-refractivity contribution >= 4 is 10.8 Å². The van der Waals surface area contributed by atoms with E-state index in [4.69, 9.17) is 9.47 Å². The zero-order chi connectivity index (χ0) is 20.0. The van der Waals surface area contributed by atoms with E-state index in [0.717, 1.165) is 38.2 Å². The van der Waals surface area contributed by atoms with Gasteiger partial charge in [-0.05, 0) is 54.7 Å². The summed E-state index contributed by atoms with van der Waals surface area (Å²) in [5.74, 6) is 0.989. The van der Waals surface area contributed by atoms with Crippen LogP contribution in [0.25, 0.3) is 10.8 Å². The third-order valence-electron chi connectivity index (χ3n) is 5.27. The fourth-order valence-electron chi connectivity index (χ4n) is 3.63. The van der Waals surface area contributed by atoms with Gasteiger partial charge in [-0.1, -0.05) is 83.1 Å². The van der Waals surface area contributed by atoms with Gasteiger partial charge in [-0.25, -0.2) is 0 Å². The summed E-state index contributed by atoms with van der Waals surface area (Å²) in [7, 11) is 0. The third-order valence-corrected chi connectivity index (χ3v) is 5.27. The molecule has 0 saturated carbocycles. The maximum Gasteiger partial charge on any atom is 0.119 e. The third kappa shape index (κ3) is 8.65. The molecular formula is C26H40O2. The first-order valence-corrected chi connectivity index (χ1v) is 11.5. The first-order valence-electron chi connectivity index (χ1n) is 11.5. The van der Waals surface area contributed by atoms with Crippen LogP contribution in [-0.4, -0.2) is 19.3 Å². The molecule has 1 unspecified atom stereocenters. The Kier molecular flexibility index (Phi) is 11.1. The van der Waals surface area contributed by atoms with Crippen molar-refractivity contribution < 1.29 is 9.47 Å². The summed E-state index contributed by atoms with van der Waals surface area (Å²) in [5.41, 5.74) is 1.34. The molecule has 0 aliphatic heterocycles. The zero-order valence-electron chi connectivity index (χ0n) is 18.3. The van der Waals surface area contributed by atoms with Crippen LogP contribution in [0.5, 0.6) is 5.75 Å². The molecule has 0 radical (unpaired) electrons. The van der Waals surface area contributed by atoms with Crippen LogP contribution in [0.3, 0.4) is 0 Å². The monoisotopic (exact) mass is 384 g/mol. The van der Waals surface area contributed by atoms with Crippen molar-refractivity contribution in [2.45, 2.75) is 91.1 Å². The van der Waals surface area contributed by atoms with Gasteiger partial charge < -0.3 is 9.47 Å². The molecule has 0 amide bonds. The Balaban J connectivity index is 1.72. The van der Waals surface area contributed by atoms with E-state index in [2.05, 4.69) is 57.2 Å². The lowest BCUT2D eigenvalue weighted by atomic mass is 10.0. The molecule has 0 N–H and O–H groups in total. The van der Waals surface area contributed by atoms with Gasteiger partial charge in [-0.3, -0.25) is 0 Å². The van der Waals surface area contributed by atoms with Gasteiger partial charge in [0.1, 0.15) is 5.75 Å². The van der Waals surface area contributed by atoms with Gasteiger partial charge in [0.2, 0.25) is 0 Å². The largest absolute Gasteiger partial charge is 0.494 e. The predicted molar refractivity (Wildman–Crippen MR) is 121 cm³/mol. The smallest absolute Gasteiger partial charge is 0.119 e. The highest BCUT2D eigenvalue weighted by molar-refractivity contribution is 5.84. The van der Waals surface area contributed by atoms with Crippen LogP contribution in [0.15, 0.2) is 36.4 Å². The molecule has 2 aromatic rings. The van der Waals surface area contributed by atoms with Gasteiger partial charge in [0, 0.05) is 6.61 Å². The van der Waals surface area contributed by atoms with Crippen molar-refractivity contribution in [1.82, 2.24) is 0 Å². The van der Waals surface area contributed by atoms with Crippen molar-refractivity contribution in [3.63, 3.8) is 0 Å². The lowest BCUT2D eigenvalue weighted by Crippen LogP contribution is -2.12. The summed E-state index contributed by atoms with van der Waals surface area (Å²) < 4.78 is 11.8. The molecule has 2 heteroatoms. The van der Waals surface area contributed by atoms with Crippen LogP contribution >= 0.6 is 0 Å². The molecule has 1 atom stereocenters. The van der Waals surface area contributed by atoms with Gasteiger partial charge >= 0.3 is 0 Å². The van der Waals surface area contributed by atoms with E-state index in [1.165, 1.54) is 61.3 Å². The molecule has 0 aromatic heterocycles. The minimum absolute atomic E-state index is 0.270. The normalized spacial score (nSPS) is 12.4. The van der Waals surface area contributed by atoms with E-state index < -0.39 is 0 Å². The molecule has 0 fully saturated rings. The second-order valence-corrected chi connectivity index (χ2v) is 8.05. The lowest BCUT2D eigenvalue weighted by molar-refractivity contribution is 0.0669. The molecule has 2 aromatic carbocycles. The van der Waals surface area contributed by atoms with Crippen LogP contribution in [0.4, 0.5) is 0 Å². The van der Waals surface area contributed by atoms with E-state index in [1.54, 1.807) is 0 Å². The zero-order valence-corrected chi connectivity index (χ0v) is 18.3. The number of rotatable bonds is 15. The fraction of sp³-hybridized carbons (Fsp3) is 0.615. The van der Waals surface area contributed by atoms with Crippen molar-refractivity contribution in [3.05, 3.63) is 42.0 Å². The maximum atomic E-state index is 5.98. The minimum Gasteiger partial charge on any atom is -0.494 e. The van der Waals surface area contributed by atoms with Gasteiger partial charge in [0.05, 0.1) is 12.7 Å². The fourth-order valence-corrected chi connectivity index (χ4v) is 3.63. The second-order valence-electron chi connectivity index (χ2n) is 8.05. The molecule has 0 heterocycles. The molecule has 0 aliphatic rings. The quantitative estimate of drug-likeness (QED) is 0.293. The Morgan fingerprint density at radius 3 is 2.14 bits per heavy atom. The van der Waals surface area contributed by atoms with Crippen molar-refractivity contribution in [2.24, 2.45) is 0 Å². The highest BCUT2D eigenvalue weighted by Crippen LogP contribution is 2.23.